The van der Waals surface area contributed by atoms with Crippen molar-refractivity contribution in [3.8, 4) is 5.88 Å². The molecule has 1 aromatic rings. The van der Waals surface area contributed by atoms with E-state index in [-0.39, 0.29) is 23.8 Å². The number of carbonyl (C=O) groups excluding carboxylic acids is 2. The van der Waals surface area contributed by atoms with Crippen molar-refractivity contribution in [1.82, 2.24) is 20.0 Å². The second-order valence-corrected chi connectivity index (χ2v) is 6.00. The van der Waals surface area contributed by atoms with Crippen molar-refractivity contribution in [2.75, 3.05) is 26.7 Å². The molecule has 0 N–H and O–H groups in total. The lowest BCUT2D eigenvalue weighted by atomic mass is 10.1. The van der Waals surface area contributed by atoms with Crippen LogP contribution in [0.5, 0.6) is 5.88 Å². The van der Waals surface area contributed by atoms with Crippen molar-refractivity contribution in [1.29, 1.82) is 0 Å². The number of ether oxygens (including phenoxy) is 1. The highest BCUT2D eigenvalue weighted by Gasteiger charge is 2.37. The first kappa shape index (κ1) is 14.7. The van der Waals surface area contributed by atoms with E-state index in [9.17, 15) is 9.59 Å². The molecular formula is C15H20N4O3. The van der Waals surface area contributed by atoms with Crippen molar-refractivity contribution in [2.24, 2.45) is 5.92 Å². The van der Waals surface area contributed by atoms with Crippen LogP contribution in [0.3, 0.4) is 0 Å². The summed E-state index contributed by atoms with van der Waals surface area (Å²) in [6.45, 7) is 3.59. The Hall–Kier alpha value is -2.18. The standard InChI is InChI=1S/C15H20N4O3/c1-10-3-4-13(17-16-10)22-12-5-6-19(9-12)15(21)11-7-14(20)18(2)8-11/h3-4,11-12H,5-9H2,1-2H3/t11-,12+/m1/s1. The number of nitrogens with zero attached hydrogens (tertiary/aromatic N) is 4. The molecule has 118 valence electrons. The molecule has 2 amide bonds. The molecule has 2 atom stereocenters. The summed E-state index contributed by atoms with van der Waals surface area (Å²) in [5.41, 5.74) is 0.839. The van der Waals surface area contributed by atoms with E-state index in [1.54, 1.807) is 22.9 Å². The molecule has 7 heteroatoms. The Labute approximate surface area is 129 Å². The first-order chi connectivity index (χ1) is 10.5. The van der Waals surface area contributed by atoms with E-state index in [1.807, 2.05) is 13.0 Å². The van der Waals surface area contributed by atoms with Crippen molar-refractivity contribution >= 4 is 11.8 Å². The Morgan fingerprint density at radius 3 is 2.77 bits per heavy atom. The van der Waals surface area contributed by atoms with Crippen molar-refractivity contribution in [3.63, 3.8) is 0 Å². The van der Waals surface area contributed by atoms with Gasteiger partial charge in [0, 0.05) is 39.0 Å². The fraction of sp³-hybridized carbons (Fsp3) is 0.600. The third-order valence-corrected chi connectivity index (χ3v) is 4.21. The molecule has 7 nitrogen and oxygen atoms in total. The molecule has 0 radical (unpaired) electrons. The van der Waals surface area contributed by atoms with Gasteiger partial charge in [0.2, 0.25) is 17.7 Å². The lowest BCUT2D eigenvalue weighted by Gasteiger charge is -2.20. The third-order valence-electron chi connectivity index (χ3n) is 4.21. The fourth-order valence-electron chi connectivity index (χ4n) is 2.93. The van der Waals surface area contributed by atoms with Gasteiger partial charge in [-0.1, -0.05) is 0 Å². The van der Waals surface area contributed by atoms with Crippen molar-refractivity contribution in [2.45, 2.75) is 25.9 Å². The number of amides is 2. The summed E-state index contributed by atoms with van der Waals surface area (Å²) < 4.78 is 5.77. The van der Waals surface area contributed by atoms with E-state index in [0.29, 0.717) is 31.9 Å². The maximum Gasteiger partial charge on any atom is 0.233 e. The zero-order valence-corrected chi connectivity index (χ0v) is 12.9. The van der Waals surface area contributed by atoms with Crippen LogP contribution in [0, 0.1) is 12.8 Å². The van der Waals surface area contributed by atoms with Crippen molar-refractivity contribution in [3.05, 3.63) is 17.8 Å². The molecule has 2 fully saturated rings. The minimum absolute atomic E-state index is 0.0419. The average Bonchev–Trinajstić information content (AvgIpc) is 3.08. The minimum Gasteiger partial charge on any atom is -0.471 e. The van der Waals surface area contributed by atoms with Crippen LogP contribution in [0.2, 0.25) is 0 Å². The molecule has 0 saturated carbocycles. The molecule has 0 aromatic carbocycles. The lowest BCUT2D eigenvalue weighted by molar-refractivity contribution is -0.135. The van der Waals surface area contributed by atoms with E-state index in [4.69, 9.17) is 4.74 Å². The van der Waals surface area contributed by atoms with Crippen LogP contribution in [0.25, 0.3) is 0 Å². The second-order valence-electron chi connectivity index (χ2n) is 6.00. The SMILES string of the molecule is Cc1ccc(O[C@H]2CCN(C(=O)[C@@H]3CC(=O)N(C)C3)C2)nn1. The molecule has 2 aliphatic heterocycles. The van der Waals surface area contributed by atoms with Crippen LogP contribution in [0.1, 0.15) is 18.5 Å². The Balaban J connectivity index is 1.54. The molecule has 0 spiro atoms. The topological polar surface area (TPSA) is 75.6 Å². The van der Waals surface area contributed by atoms with Gasteiger partial charge in [0.1, 0.15) is 6.10 Å². The van der Waals surface area contributed by atoms with Gasteiger partial charge in [0.05, 0.1) is 18.2 Å². The number of carbonyl (C=O) groups is 2. The van der Waals surface area contributed by atoms with Gasteiger partial charge in [0.25, 0.3) is 0 Å². The number of aromatic nitrogens is 2. The van der Waals surface area contributed by atoms with E-state index in [2.05, 4.69) is 10.2 Å². The highest BCUT2D eigenvalue weighted by Crippen LogP contribution is 2.22. The Kier molecular flexibility index (Phi) is 3.96. The minimum atomic E-state index is -0.213. The monoisotopic (exact) mass is 304 g/mol. The maximum absolute atomic E-state index is 12.4. The van der Waals surface area contributed by atoms with Gasteiger partial charge in [-0.05, 0) is 13.0 Å². The van der Waals surface area contributed by atoms with Gasteiger partial charge in [-0.15, -0.1) is 5.10 Å². The van der Waals surface area contributed by atoms with E-state index in [0.717, 1.165) is 12.1 Å². The summed E-state index contributed by atoms with van der Waals surface area (Å²) >= 11 is 0. The first-order valence-corrected chi connectivity index (χ1v) is 7.52. The van der Waals surface area contributed by atoms with Gasteiger partial charge in [-0.2, -0.15) is 5.10 Å². The smallest absolute Gasteiger partial charge is 0.233 e. The largest absolute Gasteiger partial charge is 0.471 e. The van der Waals surface area contributed by atoms with Crippen LogP contribution in [0.4, 0.5) is 0 Å². The fourth-order valence-corrected chi connectivity index (χ4v) is 2.93. The lowest BCUT2D eigenvalue weighted by Crippen LogP contribution is -2.36. The van der Waals surface area contributed by atoms with E-state index < -0.39 is 0 Å². The van der Waals surface area contributed by atoms with Crippen LogP contribution in [-0.4, -0.2) is 64.6 Å². The molecule has 0 bridgehead atoms. The number of aryl methyl sites for hydroxylation is 1. The first-order valence-electron chi connectivity index (χ1n) is 7.52. The van der Waals surface area contributed by atoms with Crippen LogP contribution in [0.15, 0.2) is 12.1 Å². The number of rotatable bonds is 3. The normalized spacial score (nSPS) is 24.9. The molecule has 2 saturated heterocycles. The number of hydrogen-bond acceptors (Lipinski definition) is 5. The van der Waals surface area contributed by atoms with Crippen LogP contribution >= 0.6 is 0 Å². The molecule has 3 heterocycles. The summed E-state index contributed by atoms with van der Waals surface area (Å²) in [6, 6.07) is 3.64. The molecule has 3 rings (SSSR count). The van der Waals surface area contributed by atoms with Crippen LogP contribution < -0.4 is 4.74 Å². The molecule has 0 unspecified atom stereocenters. The van der Waals surface area contributed by atoms with E-state index >= 15 is 0 Å². The van der Waals surface area contributed by atoms with E-state index in [1.165, 1.54) is 0 Å². The molecule has 22 heavy (non-hydrogen) atoms. The highest BCUT2D eigenvalue weighted by molar-refractivity contribution is 5.89. The molecule has 0 aliphatic carbocycles. The Bertz CT molecular complexity index is 575. The Morgan fingerprint density at radius 2 is 2.14 bits per heavy atom. The summed E-state index contributed by atoms with van der Waals surface area (Å²) in [7, 11) is 1.74. The summed E-state index contributed by atoms with van der Waals surface area (Å²) in [6.07, 6.45) is 1.04. The summed E-state index contributed by atoms with van der Waals surface area (Å²) in [5.74, 6) is 0.371. The number of likely N-dealkylation sites (tertiary alicyclic amines) is 2. The van der Waals surface area contributed by atoms with Crippen molar-refractivity contribution < 1.29 is 14.3 Å². The molecular weight excluding hydrogens is 284 g/mol. The number of hydrogen-bond donors (Lipinski definition) is 0. The molecule has 1 aromatic heterocycles. The quantitative estimate of drug-likeness (QED) is 0.800. The zero-order chi connectivity index (χ0) is 15.7. The maximum atomic E-state index is 12.4. The Morgan fingerprint density at radius 1 is 1.32 bits per heavy atom. The van der Waals surface area contributed by atoms with Gasteiger partial charge in [-0.25, -0.2) is 0 Å². The molecule has 2 aliphatic rings. The second kappa shape index (κ2) is 5.90. The van der Waals surface area contributed by atoms with Gasteiger partial charge in [0.15, 0.2) is 0 Å². The van der Waals surface area contributed by atoms with Gasteiger partial charge < -0.3 is 14.5 Å². The zero-order valence-electron chi connectivity index (χ0n) is 12.9. The van der Waals surface area contributed by atoms with Gasteiger partial charge >= 0.3 is 0 Å². The van der Waals surface area contributed by atoms with Gasteiger partial charge in [-0.3, -0.25) is 9.59 Å². The van der Waals surface area contributed by atoms with Crippen LogP contribution in [-0.2, 0) is 9.59 Å². The summed E-state index contributed by atoms with van der Waals surface area (Å²) in [5, 5.41) is 7.94. The third kappa shape index (κ3) is 3.03. The predicted octanol–water partition coefficient (Wildman–Crippen LogP) is 0.243. The average molecular weight is 304 g/mol. The summed E-state index contributed by atoms with van der Waals surface area (Å²) in [4.78, 5) is 27.4. The highest BCUT2D eigenvalue weighted by atomic mass is 16.5. The predicted molar refractivity (Wildman–Crippen MR) is 78.1 cm³/mol.